The standard InChI is InChI=1S/C7H13N3/c1-2-3-4-8-7-5-9-10-6-7/h5-6,8H,2-4H2,1H3,(H,9,10). The number of hydrogen-bond donors (Lipinski definition) is 2. The predicted octanol–water partition coefficient (Wildman–Crippen LogP) is 1.62. The van der Waals surface area contributed by atoms with Gasteiger partial charge < -0.3 is 5.32 Å². The minimum Gasteiger partial charge on any atom is -0.383 e. The molecule has 10 heavy (non-hydrogen) atoms. The maximum atomic E-state index is 3.81. The molecule has 56 valence electrons. The van der Waals surface area contributed by atoms with Crippen LogP contribution in [0.15, 0.2) is 12.4 Å². The van der Waals surface area contributed by atoms with E-state index < -0.39 is 0 Å². The van der Waals surface area contributed by atoms with Gasteiger partial charge in [0.25, 0.3) is 0 Å². The molecule has 3 heteroatoms. The minimum atomic E-state index is 1.04. The van der Waals surface area contributed by atoms with E-state index in [1.807, 2.05) is 6.20 Å². The first kappa shape index (κ1) is 7.12. The van der Waals surface area contributed by atoms with Crippen molar-refractivity contribution in [2.45, 2.75) is 19.8 Å². The predicted molar refractivity (Wildman–Crippen MR) is 42.0 cm³/mol. The number of aromatic amines is 1. The highest BCUT2D eigenvalue weighted by atomic mass is 15.1. The highest BCUT2D eigenvalue weighted by Crippen LogP contribution is 2.00. The van der Waals surface area contributed by atoms with E-state index in [2.05, 4.69) is 22.4 Å². The molecule has 0 aliphatic carbocycles. The quantitative estimate of drug-likeness (QED) is 0.622. The largest absolute Gasteiger partial charge is 0.383 e. The smallest absolute Gasteiger partial charge is 0.0723 e. The molecule has 0 saturated carbocycles. The van der Waals surface area contributed by atoms with Crippen LogP contribution in [0.2, 0.25) is 0 Å². The van der Waals surface area contributed by atoms with E-state index in [0.29, 0.717) is 0 Å². The van der Waals surface area contributed by atoms with Crippen LogP contribution in [0.5, 0.6) is 0 Å². The summed E-state index contributed by atoms with van der Waals surface area (Å²) in [5.41, 5.74) is 1.08. The second-order valence-corrected chi connectivity index (χ2v) is 2.27. The van der Waals surface area contributed by atoms with Gasteiger partial charge in [0.05, 0.1) is 11.9 Å². The fourth-order valence-electron chi connectivity index (χ4n) is 0.757. The molecule has 0 amide bonds. The van der Waals surface area contributed by atoms with Crippen molar-refractivity contribution in [3.8, 4) is 0 Å². The van der Waals surface area contributed by atoms with Crippen molar-refractivity contribution in [1.82, 2.24) is 10.2 Å². The van der Waals surface area contributed by atoms with Gasteiger partial charge in [0.1, 0.15) is 0 Å². The van der Waals surface area contributed by atoms with Gasteiger partial charge in [-0.05, 0) is 6.42 Å². The van der Waals surface area contributed by atoms with E-state index in [9.17, 15) is 0 Å². The number of aromatic nitrogens is 2. The second-order valence-electron chi connectivity index (χ2n) is 2.27. The number of nitrogens with one attached hydrogen (secondary N) is 2. The van der Waals surface area contributed by atoms with E-state index in [4.69, 9.17) is 0 Å². The summed E-state index contributed by atoms with van der Waals surface area (Å²) in [6.07, 6.45) is 6.08. The molecule has 0 bridgehead atoms. The van der Waals surface area contributed by atoms with Gasteiger partial charge in [0, 0.05) is 12.7 Å². The fourth-order valence-corrected chi connectivity index (χ4v) is 0.757. The van der Waals surface area contributed by atoms with Crippen LogP contribution in [0.4, 0.5) is 5.69 Å². The molecule has 1 rings (SSSR count). The maximum absolute atomic E-state index is 3.81. The van der Waals surface area contributed by atoms with Crippen molar-refractivity contribution >= 4 is 5.69 Å². The topological polar surface area (TPSA) is 40.7 Å². The molecule has 0 radical (unpaired) electrons. The Balaban J connectivity index is 2.15. The lowest BCUT2D eigenvalue weighted by Crippen LogP contribution is -1.98. The van der Waals surface area contributed by atoms with Crippen LogP contribution in [-0.2, 0) is 0 Å². The van der Waals surface area contributed by atoms with E-state index >= 15 is 0 Å². The Kier molecular flexibility index (Phi) is 2.80. The molecule has 0 aliphatic rings. The molecule has 2 N–H and O–H groups in total. The monoisotopic (exact) mass is 139 g/mol. The Morgan fingerprint density at radius 1 is 1.70 bits per heavy atom. The minimum absolute atomic E-state index is 1.04. The van der Waals surface area contributed by atoms with Crippen LogP contribution in [0.25, 0.3) is 0 Å². The molecular weight excluding hydrogens is 126 g/mol. The van der Waals surface area contributed by atoms with Crippen molar-refractivity contribution in [1.29, 1.82) is 0 Å². The van der Waals surface area contributed by atoms with Crippen molar-refractivity contribution in [3.05, 3.63) is 12.4 Å². The highest BCUT2D eigenvalue weighted by molar-refractivity contribution is 5.37. The Hall–Kier alpha value is -0.990. The molecule has 0 atom stereocenters. The van der Waals surface area contributed by atoms with Gasteiger partial charge in [0.15, 0.2) is 0 Å². The second kappa shape index (κ2) is 3.93. The molecule has 3 nitrogen and oxygen atoms in total. The third-order valence-corrected chi connectivity index (χ3v) is 1.36. The fraction of sp³-hybridized carbons (Fsp3) is 0.571. The van der Waals surface area contributed by atoms with Crippen molar-refractivity contribution < 1.29 is 0 Å². The summed E-state index contributed by atoms with van der Waals surface area (Å²) in [6.45, 7) is 3.22. The average Bonchev–Trinajstić information content (AvgIpc) is 2.41. The summed E-state index contributed by atoms with van der Waals surface area (Å²) < 4.78 is 0. The SMILES string of the molecule is CCCCNc1cn[nH]c1. The third kappa shape index (κ3) is 2.09. The lowest BCUT2D eigenvalue weighted by atomic mass is 10.3. The van der Waals surface area contributed by atoms with Crippen molar-refractivity contribution in [2.75, 3.05) is 11.9 Å². The summed E-state index contributed by atoms with van der Waals surface area (Å²) >= 11 is 0. The number of unbranched alkanes of at least 4 members (excludes halogenated alkanes) is 1. The van der Waals surface area contributed by atoms with E-state index in [-0.39, 0.29) is 0 Å². The van der Waals surface area contributed by atoms with Gasteiger partial charge in [0.2, 0.25) is 0 Å². The van der Waals surface area contributed by atoms with Gasteiger partial charge >= 0.3 is 0 Å². The first-order valence-electron chi connectivity index (χ1n) is 3.66. The van der Waals surface area contributed by atoms with Crippen molar-refractivity contribution in [3.63, 3.8) is 0 Å². The highest BCUT2D eigenvalue weighted by Gasteiger charge is 1.88. The summed E-state index contributed by atoms with van der Waals surface area (Å²) in [4.78, 5) is 0. The molecule has 0 fully saturated rings. The summed E-state index contributed by atoms with van der Waals surface area (Å²) in [5.74, 6) is 0. The van der Waals surface area contributed by atoms with Crippen LogP contribution in [-0.4, -0.2) is 16.7 Å². The lowest BCUT2D eigenvalue weighted by molar-refractivity contribution is 0.834. The molecule has 0 aliphatic heterocycles. The van der Waals surface area contributed by atoms with Crippen LogP contribution >= 0.6 is 0 Å². The molecule has 0 aromatic carbocycles. The summed E-state index contributed by atoms with van der Waals surface area (Å²) in [7, 11) is 0. The maximum Gasteiger partial charge on any atom is 0.0723 e. The van der Waals surface area contributed by atoms with Crippen LogP contribution in [0, 0.1) is 0 Å². The zero-order valence-corrected chi connectivity index (χ0v) is 6.22. The Morgan fingerprint density at radius 2 is 2.60 bits per heavy atom. The third-order valence-electron chi connectivity index (χ3n) is 1.36. The summed E-state index contributed by atoms with van der Waals surface area (Å²) in [6, 6.07) is 0. The number of H-pyrrole nitrogens is 1. The molecule has 0 spiro atoms. The molecule has 1 aromatic heterocycles. The van der Waals surface area contributed by atoms with Gasteiger partial charge in [-0.15, -0.1) is 0 Å². The number of anilines is 1. The van der Waals surface area contributed by atoms with E-state index in [1.165, 1.54) is 12.8 Å². The van der Waals surface area contributed by atoms with Gasteiger partial charge in [-0.2, -0.15) is 5.10 Å². The first-order valence-corrected chi connectivity index (χ1v) is 3.66. The number of nitrogens with zero attached hydrogens (tertiary/aromatic N) is 1. The Labute approximate surface area is 60.8 Å². The van der Waals surface area contributed by atoms with Gasteiger partial charge in [-0.1, -0.05) is 13.3 Å². The lowest BCUT2D eigenvalue weighted by Gasteiger charge is -1.98. The number of rotatable bonds is 4. The van der Waals surface area contributed by atoms with Gasteiger partial charge in [-0.25, -0.2) is 0 Å². The molecular formula is C7H13N3. The van der Waals surface area contributed by atoms with E-state index in [1.54, 1.807) is 6.20 Å². The molecule has 1 aromatic rings. The van der Waals surface area contributed by atoms with Crippen LogP contribution in [0.1, 0.15) is 19.8 Å². The Morgan fingerprint density at radius 3 is 3.20 bits per heavy atom. The van der Waals surface area contributed by atoms with E-state index in [0.717, 1.165) is 12.2 Å². The van der Waals surface area contributed by atoms with Crippen LogP contribution in [0.3, 0.4) is 0 Å². The normalized spacial score (nSPS) is 9.70. The molecule has 1 heterocycles. The first-order chi connectivity index (χ1) is 4.93. The number of hydrogen-bond acceptors (Lipinski definition) is 2. The van der Waals surface area contributed by atoms with Gasteiger partial charge in [-0.3, -0.25) is 5.10 Å². The molecule has 0 saturated heterocycles. The zero-order chi connectivity index (χ0) is 7.23. The molecule has 0 unspecified atom stereocenters. The average molecular weight is 139 g/mol. The van der Waals surface area contributed by atoms with Crippen molar-refractivity contribution in [2.24, 2.45) is 0 Å². The summed E-state index contributed by atoms with van der Waals surface area (Å²) in [5, 5.41) is 9.79. The zero-order valence-electron chi connectivity index (χ0n) is 6.22. The Bertz CT molecular complexity index is 157. The van der Waals surface area contributed by atoms with Crippen LogP contribution < -0.4 is 5.32 Å².